The molecule has 1 N–H and O–H groups in total. The van der Waals surface area contributed by atoms with Crippen molar-refractivity contribution >= 4 is 50.3 Å². The van der Waals surface area contributed by atoms with E-state index in [2.05, 4.69) is 58.8 Å². The van der Waals surface area contributed by atoms with Gasteiger partial charge in [-0.1, -0.05) is 49.7 Å². The highest BCUT2D eigenvalue weighted by Gasteiger charge is 2.16. The predicted molar refractivity (Wildman–Crippen MR) is 118 cm³/mol. The minimum Gasteiger partial charge on any atom is -0.339 e. The first-order valence-corrected chi connectivity index (χ1v) is 10.2. The van der Waals surface area contributed by atoms with Crippen molar-refractivity contribution in [1.82, 2.24) is 9.97 Å². The Bertz CT molecular complexity index is 1210. The van der Waals surface area contributed by atoms with Crippen LogP contribution in [0.2, 0.25) is 5.02 Å². The van der Waals surface area contributed by atoms with E-state index in [1.54, 1.807) is 6.07 Å². The normalized spacial score (nSPS) is 11.2. The number of nitro groups is 1. The first kappa shape index (κ1) is 19.3. The lowest BCUT2D eigenvalue weighted by atomic mass is 9.99. The third kappa shape index (κ3) is 3.79. The van der Waals surface area contributed by atoms with Crippen molar-refractivity contribution in [3.63, 3.8) is 0 Å². The van der Waals surface area contributed by atoms with Crippen LogP contribution in [0.15, 0.2) is 54.2 Å². The molecule has 2 aromatic carbocycles. The Kier molecular flexibility index (Phi) is 5.17. The van der Waals surface area contributed by atoms with E-state index in [4.69, 9.17) is 11.6 Å². The molecule has 8 heteroatoms. The van der Waals surface area contributed by atoms with Crippen molar-refractivity contribution in [3.05, 3.63) is 74.9 Å². The lowest BCUT2D eigenvalue weighted by molar-refractivity contribution is -0.384. The Labute approximate surface area is 176 Å². The summed E-state index contributed by atoms with van der Waals surface area (Å²) in [6.07, 6.45) is 1.48. The maximum absolute atomic E-state index is 11.2. The summed E-state index contributed by atoms with van der Waals surface area (Å²) in [5, 5.41) is 17.4. The molecule has 0 saturated heterocycles. The standard InChI is InChI=1S/C21H17ClN4O2S/c1-12(2)13-3-5-14(6-4-13)16-10-29-21-19(16)20(23-11-24-21)25-15-7-8-17(22)18(9-15)26(27)28/h3-12H,1-2H3,(H,23,24,25). The molecule has 0 unspecified atom stereocenters. The van der Waals surface area contributed by atoms with Crippen LogP contribution in [0, 0.1) is 10.1 Å². The maximum atomic E-state index is 11.2. The Morgan fingerprint density at radius 2 is 1.90 bits per heavy atom. The van der Waals surface area contributed by atoms with Gasteiger partial charge in [0.25, 0.3) is 5.69 Å². The molecular formula is C21H17ClN4O2S. The van der Waals surface area contributed by atoms with E-state index < -0.39 is 4.92 Å². The van der Waals surface area contributed by atoms with Crippen LogP contribution in [0.25, 0.3) is 21.3 Å². The number of halogens is 1. The van der Waals surface area contributed by atoms with Gasteiger partial charge >= 0.3 is 0 Å². The topological polar surface area (TPSA) is 81.0 Å². The number of nitrogens with one attached hydrogen (secondary N) is 1. The van der Waals surface area contributed by atoms with Gasteiger partial charge in [0.15, 0.2) is 0 Å². The molecule has 4 aromatic rings. The van der Waals surface area contributed by atoms with Gasteiger partial charge in [-0.2, -0.15) is 0 Å². The molecule has 4 rings (SSSR count). The van der Waals surface area contributed by atoms with Crippen molar-refractivity contribution in [2.45, 2.75) is 19.8 Å². The number of anilines is 2. The van der Waals surface area contributed by atoms with Gasteiger partial charge in [0.05, 0.1) is 10.3 Å². The Morgan fingerprint density at radius 3 is 2.59 bits per heavy atom. The fourth-order valence-electron chi connectivity index (χ4n) is 3.10. The van der Waals surface area contributed by atoms with Crippen LogP contribution in [-0.4, -0.2) is 14.9 Å². The molecule has 0 amide bonds. The second-order valence-electron chi connectivity index (χ2n) is 6.88. The van der Waals surface area contributed by atoms with Crippen LogP contribution >= 0.6 is 22.9 Å². The van der Waals surface area contributed by atoms with Gasteiger partial charge in [-0.15, -0.1) is 11.3 Å². The molecule has 0 aliphatic carbocycles. The molecule has 6 nitrogen and oxygen atoms in total. The summed E-state index contributed by atoms with van der Waals surface area (Å²) >= 11 is 7.45. The second-order valence-corrected chi connectivity index (χ2v) is 8.14. The van der Waals surface area contributed by atoms with E-state index in [0.29, 0.717) is 17.4 Å². The second kappa shape index (κ2) is 7.77. The monoisotopic (exact) mass is 424 g/mol. The smallest absolute Gasteiger partial charge is 0.289 e. The highest BCUT2D eigenvalue weighted by atomic mass is 35.5. The molecule has 0 saturated carbocycles. The fraction of sp³-hybridized carbons (Fsp3) is 0.143. The van der Waals surface area contributed by atoms with Gasteiger partial charge in [0.2, 0.25) is 0 Å². The van der Waals surface area contributed by atoms with Crippen molar-refractivity contribution in [2.75, 3.05) is 5.32 Å². The summed E-state index contributed by atoms with van der Waals surface area (Å²) < 4.78 is 0. The fourth-order valence-corrected chi connectivity index (χ4v) is 4.20. The van der Waals surface area contributed by atoms with E-state index in [0.717, 1.165) is 21.3 Å². The molecule has 0 spiro atoms. The number of hydrogen-bond donors (Lipinski definition) is 1. The molecule has 2 heterocycles. The number of nitrogens with zero attached hydrogens (tertiary/aromatic N) is 3. The SMILES string of the molecule is CC(C)c1ccc(-c2csc3ncnc(Nc4ccc(Cl)c([N+](=O)[O-])c4)c23)cc1. The third-order valence-electron chi connectivity index (χ3n) is 4.66. The van der Waals surface area contributed by atoms with Crippen LogP contribution < -0.4 is 5.32 Å². The molecule has 0 atom stereocenters. The number of benzene rings is 2. The van der Waals surface area contributed by atoms with Crippen LogP contribution in [0.3, 0.4) is 0 Å². The molecule has 0 bridgehead atoms. The first-order chi connectivity index (χ1) is 13.9. The summed E-state index contributed by atoms with van der Waals surface area (Å²) in [5.41, 5.74) is 3.74. The van der Waals surface area contributed by atoms with E-state index in [-0.39, 0.29) is 10.7 Å². The molecule has 0 aliphatic rings. The minimum absolute atomic E-state index is 0.0925. The largest absolute Gasteiger partial charge is 0.339 e. The number of nitro benzene ring substituents is 1. The van der Waals surface area contributed by atoms with Crippen molar-refractivity contribution in [2.24, 2.45) is 0 Å². The maximum Gasteiger partial charge on any atom is 0.289 e. The van der Waals surface area contributed by atoms with Gasteiger partial charge in [-0.05, 0) is 29.2 Å². The molecule has 0 aliphatic heterocycles. The lowest BCUT2D eigenvalue weighted by Crippen LogP contribution is -1.97. The summed E-state index contributed by atoms with van der Waals surface area (Å²) in [7, 11) is 0. The van der Waals surface area contributed by atoms with Gasteiger partial charge in [-0.25, -0.2) is 9.97 Å². The van der Waals surface area contributed by atoms with Crippen LogP contribution in [0.1, 0.15) is 25.3 Å². The Morgan fingerprint density at radius 1 is 1.14 bits per heavy atom. The van der Waals surface area contributed by atoms with E-state index in [1.807, 2.05) is 0 Å². The number of rotatable bonds is 5. The highest BCUT2D eigenvalue weighted by Crippen LogP contribution is 2.38. The molecule has 146 valence electrons. The van der Waals surface area contributed by atoms with Gasteiger partial charge < -0.3 is 5.32 Å². The zero-order chi connectivity index (χ0) is 20.5. The van der Waals surface area contributed by atoms with Crippen molar-refractivity contribution in [1.29, 1.82) is 0 Å². The third-order valence-corrected chi connectivity index (χ3v) is 5.87. The van der Waals surface area contributed by atoms with Crippen molar-refractivity contribution < 1.29 is 4.92 Å². The van der Waals surface area contributed by atoms with E-state index >= 15 is 0 Å². The van der Waals surface area contributed by atoms with Gasteiger partial charge in [-0.3, -0.25) is 10.1 Å². The number of thiophene rings is 1. The number of hydrogen-bond acceptors (Lipinski definition) is 6. The summed E-state index contributed by atoms with van der Waals surface area (Å²) in [6.45, 7) is 4.33. The van der Waals surface area contributed by atoms with Crippen LogP contribution in [-0.2, 0) is 0 Å². The first-order valence-electron chi connectivity index (χ1n) is 8.97. The van der Waals surface area contributed by atoms with Crippen molar-refractivity contribution in [3.8, 4) is 11.1 Å². The number of aromatic nitrogens is 2. The molecule has 0 radical (unpaired) electrons. The molecule has 0 fully saturated rings. The highest BCUT2D eigenvalue weighted by molar-refractivity contribution is 7.17. The zero-order valence-corrected chi connectivity index (χ0v) is 17.3. The zero-order valence-electron chi connectivity index (χ0n) is 15.7. The van der Waals surface area contributed by atoms with Crippen LogP contribution in [0.5, 0.6) is 0 Å². The Balaban J connectivity index is 1.77. The predicted octanol–water partition coefficient (Wildman–Crippen LogP) is 6.79. The summed E-state index contributed by atoms with van der Waals surface area (Å²) in [6, 6.07) is 13.0. The van der Waals surface area contributed by atoms with Gasteiger partial charge in [0, 0.05) is 22.7 Å². The summed E-state index contributed by atoms with van der Waals surface area (Å²) in [5.74, 6) is 1.06. The number of fused-ring (bicyclic) bond motifs is 1. The van der Waals surface area contributed by atoms with Crippen LogP contribution in [0.4, 0.5) is 17.2 Å². The summed E-state index contributed by atoms with van der Waals surface area (Å²) in [4.78, 5) is 20.3. The molecule has 2 aromatic heterocycles. The molecular weight excluding hydrogens is 408 g/mol. The minimum atomic E-state index is -0.505. The Hall–Kier alpha value is -3.03. The molecule has 29 heavy (non-hydrogen) atoms. The average Bonchev–Trinajstić information content (AvgIpc) is 3.14. The van der Waals surface area contributed by atoms with E-state index in [1.165, 1.54) is 35.4 Å². The van der Waals surface area contributed by atoms with Gasteiger partial charge in [0.1, 0.15) is 22.0 Å². The average molecular weight is 425 g/mol. The quantitative estimate of drug-likeness (QED) is 0.282. The lowest BCUT2D eigenvalue weighted by Gasteiger charge is -2.10. The van der Waals surface area contributed by atoms with E-state index in [9.17, 15) is 10.1 Å².